The van der Waals surface area contributed by atoms with Gasteiger partial charge in [0.25, 0.3) is 0 Å². The number of pyridine rings is 1. The summed E-state index contributed by atoms with van der Waals surface area (Å²) in [6, 6.07) is 1.51. The monoisotopic (exact) mass is 134 g/mol. The molecule has 3 heteroatoms. The van der Waals surface area contributed by atoms with Crippen molar-refractivity contribution in [3.8, 4) is 5.75 Å². The molecular formula is C7H6N2O. The fourth-order valence-corrected chi connectivity index (χ4v) is 0.633. The van der Waals surface area contributed by atoms with Crippen molar-refractivity contribution in [2.75, 3.05) is 0 Å². The first kappa shape index (κ1) is 6.56. The van der Waals surface area contributed by atoms with E-state index in [1.807, 2.05) is 0 Å². The fourth-order valence-electron chi connectivity index (χ4n) is 0.633. The smallest absolute Gasteiger partial charge is 0.311 e. The van der Waals surface area contributed by atoms with Gasteiger partial charge in [-0.15, -0.1) is 4.98 Å². The molecule has 1 aromatic rings. The van der Waals surface area contributed by atoms with Crippen LogP contribution in [-0.4, -0.2) is 10.1 Å². The molecule has 1 rings (SSSR count). The Morgan fingerprint density at radius 2 is 2.40 bits per heavy atom. The summed E-state index contributed by atoms with van der Waals surface area (Å²) < 4.78 is 0. The predicted molar refractivity (Wildman–Crippen MR) is 36.9 cm³/mol. The second kappa shape index (κ2) is 2.36. The quantitative estimate of drug-likeness (QED) is 0.548. The van der Waals surface area contributed by atoms with E-state index in [-0.39, 0.29) is 11.6 Å². The second-order valence-corrected chi connectivity index (χ2v) is 1.97. The summed E-state index contributed by atoms with van der Waals surface area (Å²) in [5.74, 6) is 0.0144. The molecular weight excluding hydrogens is 128 g/mol. The van der Waals surface area contributed by atoms with Crippen molar-refractivity contribution in [1.82, 2.24) is 4.98 Å². The maximum absolute atomic E-state index is 9.02. The van der Waals surface area contributed by atoms with Gasteiger partial charge in [-0.1, -0.05) is 6.57 Å². The van der Waals surface area contributed by atoms with Crippen molar-refractivity contribution in [3.63, 3.8) is 0 Å². The van der Waals surface area contributed by atoms with Crippen molar-refractivity contribution in [2.24, 2.45) is 0 Å². The topological polar surface area (TPSA) is 37.5 Å². The number of aromatic nitrogens is 1. The zero-order valence-corrected chi connectivity index (χ0v) is 5.50. The molecule has 0 atom stereocenters. The Balaban J connectivity index is 3.23. The minimum Gasteiger partial charge on any atom is -0.517 e. The van der Waals surface area contributed by atoms with Gasteiger partial charge in [-0.05, 0) is 18.6 Å². The summed E-state index contributed by atoms with van der Waals surface area (Å²) in [4.78, 5) is 6.69. The molecule has 0 saturated carbocycles. The maximum atomic E-state index is 9.02. The van der Waals surface area contributed by atoms with Gasteiger partial charge in [0, 0.05) is 0 Å². The zero-order valence-electron chi connectivity index (χ0n) is 5.50. The van der Waals surface area contributed by atoms with Crippen molar-refractivity contribution in [2.45, 2.75) is 6.92 Å². The van der Waals surface area contributed by atoms with Gasteiger partial charge in [0.2, 0.25) is 0 Å². The number of rotatable bonds is 0. The van der Waals surface area contributed by atoms with Crippen LogP contribution in [0.3, 0.4) is 0 Å². The van der Waals surface area contributed by atoms with E-state index in [1.54, 1.807) is 13.1 Å². The summed E-state index contributed by atoms with van der Waals surface area (Å²) in [6.07, 6.45) is 1.55. The molecule has 0 fully saturated rings. The lowest BCUT2D eigenvalue weighted by molar-refractivity contribution is 0.476. The summed E-state index contributed by atoms with van der Waals surface area (Å²) in [6.45, 7) is 8.36. The number of nitrogens with zero attached hydrogens (tertiary/aromatic N) is 2. The zero-order chi connectivity index (χ0) is 7.56. The minimum atomic E-state index is -0.0463. The van der Waals surface area contributed by atoms with E-state index in [4.69, 9.17) is 11.7 Å². The normalized spacial score (nSPS) is 8.80. The Labute approximate surface area is 58.8 Å². The van der Waals surface area contributed by atoms with Crippen LogP contribution < -0.4 is 0 Å². The van der Waals surface area contributed by atoms with Crippen molar-refractivity contribution in [3.05, 3.63) is 29.2 Å². The van der Waals surface area contributed by atoms with Crippen LogP contribution in [0, 0.1) is 13.5 Å². The molecule has 10 heavy (non-hydrogen) atoms. The van der Waals surface area contributed by atoms with Crippen molar-refractivity contribution in [1.29, 1.82) is 0 Å². The van der Waals surface area contributed by atoms with E-state index >= 15 is 0 Å². The first-order chi connectivity index (χ1) is 4.74. The lowest BCUT2D eigenvalue weighted by Crippen LogP contribution is -1.75. The largest absolute Gasteiger partial charge is 0.517 e. The molecule has 0 bridgehead atoms. The third kappa shape index (κ3) is 1.06. The van der Waals surface area contributed by atoms with Gasteiger partial charge in [0.05, 0.1) is 0 Å². The van der Waals surface area contributed by atoms with Crippen molar-refractivity contribution >= 4 is 5.82 Å². The summed E-state index contributed by atoms with van der Waals surface area (Å²) in [5.41, 5.74) is 0.852. The average molecular weight is 134 g/mol. The van der Waals surface area contributed by atoms with Gasteiger partial charge in [-0.25, -0.2) is 0 Å². The van der Waals surface area contributed by atoms with Crippen LogP contribution in [0.15, 0.2) is 12.3 Å². The first-order valence-corrected chi connectivity index (χ1v) is 2.77. The SMILES string of the molecule is [C-]#[N+]c1ncc(C)cc1O. The molecule has 0 amide bonds. The number of aromatic hydroxyl groups is 1. The Kier molecular flexibility index (Phi) is 1.55. The Bertz CT molecular complexity index is 288. The molecule has 0 spiro atoms. The number of aryl methyl sites for hydroxylation is 1. The third-order valence-corrected chi connectivity index (χ3v) is 1.09. The average Bonchev–Trinajstić information content (AvgIpc) is 1.88. The van der Waals surface area contributed by atoms with Crippen molar-refractivity contribution < 1.29 is 5.11 Å². The second-order valence-electron chi connectivity index (χ2n) is 1.97. The lowest BCUT2D eigenvalue weighted by Gasteiger charge is -1.93. The molecule has 0 aliphatic rings. The highest BCUT2D eigenvalue weighted by Crippen LogP contribution is 2.22. The standard InChI is InChI=1S/C7H6N2O/c1-5-3-6(10)7(8-2)9-4-5/h3-4,10H,1H3. The van der Waals surface area contributed by atoms with E-state index in [1.165, 1.54) is 6.07 Å². The van der Waals surface area contributed by atoms with Crippen LogP contribution in [0.4, 0.5) is 5.82 Å². The highest BCUT2D eigenvalue weighted by Gasteiger charge is 2.00. The van der Waals surface area contributed by atoms with E-state index in [2.05, 4.69) is 9.83 Å². The predicted octanol–water partition coefficient (Wildman–Crippen LogP) is 1.65. The molecule has 0 aliphatic heterocycles. The Hall–Kier alpha value is -1.56. The lowest BCUT2D eigenvalue weighted by atomic mass is 10.3. The van der Waals surface area contributed by atoms with E-state index in [9.17, 15) is 0 Å². The summed E-state index contributed by atoms with van der Waals surface area (Å²) in [5, 5.41) is 9.02. The fraction of sp³-hybridized carbons (Fsp3) is 0.143. The molecule has 0 aliphatic carbocycles. The molecule has 1 N–H and O–H groups in total. The molecule has 50 valence electrons. The third-order valence-electron chi connectivity index (χ3n) is 1.09. The Morgan fingerprint density at radius 1 is 1.70 bits per heavy atom. The van der Waals surface area contributed by atoms with Gasteiger partial charge in [-0.2, -0.15) is 0 Å². The van der Waals surface area contributed by atoms with Gasteiger partial charge >= 0.3 is 5.82 Å². The van der Waals surface area contributed by atoms with Gasteiger partial charge < -0.3 is 9.95 Å². The van der Waals surface area contributed by atoms with E-state index in [0.717, 1.165) is 5.56 Å². The Morgan fingerprint density at radius 3 is 2.90 bits per heavy atom. The molecule has 0 saturated heterocycles. The minimum absolute atomic E-state index is 0.0463. The molecule has 0 aromatic carbocycles. The van der Waals surface area contributed by atoms with Gasteiger partial charge in [0.15, 0.2) is 0 Å². The molecule has 0 radical (unpaired) electrons. The molecule has 0 unspecified atom stereocenters. The van der Waals surface area contributed by atoms with Crippen LogP contribution in [-0.2, 0) is 0 Å². The van der Waals surface area contributed by atoms with Gasteiger partial charge in [-0.3, -0.25) is 0 Å². The van der Waals surface area contributed by atoms with E-state index in [0.29, 0.717) is 0 Å². The number of hydrogen-bond donors (Lipinski definition) is 1. The van der Waals surface area contributed by atoms with Crippen LogP contribution in [0.1, 0.15) is 5.56 Å². The highest BCUT2D eigenvalue weighted by molar-refractivity contribution is 5.50. The summed E-state index contributed by atoms with van der Waals surface area (Å²) in [7, 11) is 0. The first-order valence-electron chi connectivity index (χ1n) is 2.77. The van der Waals surface area contributed by atoms with E-state index < -0.39 is 0 Å². The molecule has 1 aromatic heterocycles. The van der Waals surface area contributed by atoms with Crippen LogP contribution in [0.5, 0.6) is 5.75 Å². The highest BCUT2D eigenvalue weighted by atomic mass is 16.3. The molecule has 3 nitrogen and oxygen atoms in total. The summed E-state index contributed by atoms with van der Waals surface area (Å²) >= 11 is 0. The van der Waals surface area contributed by atoms with Crippen LogP contribution >= 0.6 is 0 Å². The van der Waals surface area contributed by atoms with Crippen LogP contribution in [0.2, 0.25) is 0 Å². The van der Waals surface area contributed by atoms with Crippen LogP contribution in [0.25, 0.3) is 4.85 Å². The maximum Gasteiger partial charge on any atom is 0.311 e. The molecule has 1 heterocycles. The van der Waals surface area contributed by atoms with Gasteiger partial charge in [0.1, 0.15) is 11.9 Å². The number of hydrogen-bond acceptors (Lipinski definition) is 2.